The van der Waals surface area contributed by atoms with E-state index in [2.05, 4.69) is 12.2 Å². The topological polar surface area (TPSA) is 50.9 Å². The van der Waals surface area contributed by atoms with E-state index in [1.165, 1.54) is 5.56 Å². The van der Waals surface area contributed by atoms with Gasteiger partial charge in [-0.3, -0.25) is 4.79 Å². The fourth-order valence-electron chi connectivity index (χ4n) is 1.90. The van der Waals surface area contributed by atoms with Gasteiger partial charge in [-0.25, -0.2) is 0 Å². The highest BCUT2D eigenvalue weighted by molar-refractivity contribution is 5.83. The monoisotopic (exact) mass is 263 g/mol. The van der Waals surface area contributed by atoms with Crippen molar-refractivity contribution in [1.29, 1.82) is 0 Å². The molecule has 19 heavy (non-hydrogen) atoms. The smallest absolute Gasteiger partial charge is 0.251 e. The van der Waals surface area contributed by atoms with Crippen LogP contribution >= 0.6 is 0 Å². The van der Waals surface area contributed by atoms with Crippen molar-refractivity contribution < 1.29 is 14.3 Å². The number of hydrogen-bond acceptors (Lipinski definition) is 3. The molecule has 4 nitrogen and oxygen atoms in total. The summed E-state index contributed by atoms with van der Waals surface area (Å²) in [5.41, 5.74) is 1.17. The lowest BCUT2D eigenvalue weighted by Gasteiger charge is -2.07. The summed E-state index contributed by atoms with van der Waals surface area (Å²) in [4.78, 5) is 11.6. The molecule has 1 aromatic carbocycles. The maximum absolute atomic E-state index is 11.6. The second-order valence-corrected chi connectivity index (χ2v) is 4.80. The second kappa shape index (κ2) is 6.57. The van der Waals surface area contributed by atoms with Crippen molar-refractivity contribution in [3.8, 4) is 5.75 Å². The minimum Gasteiger partial charge on any atom is -0.494 e. The number of benzene rings is 1. The molecular formula is C15H21NO3. The molecule has 1 fully saturated rings. The first-order valence-corrected chi connectivity index (χ1v) is 6.85. The summed E-state index contributed by atoms with van der Waals surface area (Å²) < 4.78 is 10.7. The summed E-state index contributed by atoms with van der Waals surface area (Å²) in [5.74, 6) is 0.885. The molecule has 1 aromatic rings. The van der Waals surface area contributed by atoms with Gasteiger partial charge in [0.25, 0.3) is 5.91 Å². The first-order chi connectivity index (χ1) is 9.20. The Morgan fingerprint density at radius 3 is 2.95 bits per heavy atom. The van der Waals surface area contributed by atoms with E-state index in [1.807, 2.05) is 31.2 Å². The van der Waals surface area contributed by atoms with Crippen molar-refractivity contribution >= 4 is 5.91 Å². The van der Waals surface area contributed by atoms with Gasteiger partial charge in [0, 0.05) is 6.54 Å². The van der Waals surface area contributed by atoms with Crippen LogP contribution in [-0.2, 0) is 16.0 Å². The molecule has 1 N–H and O–H groups in total. The largest absolute Gasteiger partial charge is 0.494 e. The van der Waals surface area contributed by atoms with Crippen molar-refractivity contribution in [2.45, 2.75) is 38.9 Å². The van der Waals surface area contributed by atoms with Gasteiger partial charge >= 0.3 is 0 Å². The number of carbonyl (C=O) groups is 1. The molecule has 4 heteroatoms. The van der Waals surface area contributed by atoms with E-state index in [4.69, 9.17) is 9.47 Å². The summed E-state index contributed by atoms with van der Waals surface area (Å²) in [6.45, 7) is 5.35. The van der Waals surface area contributed by atoms with Crippen LogP contribution in [0.5, 0.6) is 5.75 Å². The van der Waals surface area contributed by atoms with Crippen LogP contribution < -0.4 is 10.1 Å². The molecule has 0 aromatic heterocycles. The van der Waals surface area contributed by atoms with Crippen molar-refractivity contribution in [3.05, 3.63) is 29.8 Å². The molecule has 104 valence electrons. The van der Waals surface area contributed by atoms with E-state index >= 15 is 0 Å². The van der Waals surface area contributed by atoms with Crippen LogP contribution in [0.25, 0.3) is 0 Å². The van der Waals surface area contributed by atoms with Gasteiger partial charge in [0.1, 0.15) is 5.75 Å². The summed E-state index contributed by atoms with van der Waals surface area (Å²) in [7, 11) is 0. The second-order valence-electron chi connectivity index (χ2n) is 4.80. The van der Waals surface area contributed by atoms with Gasteiger partial charge in [0.15, 0.2) is 6.10 Å². The van der Waals surface area contributed by atoms with Gasteiger partial charge in [-0.2, -0.15) is 0 Å². The molecule has 1 saturated heterocycles. The average Bonchev–Trinajstić information content (AvgIpc) is 3.14. The maximum atomic E-state index is 11.6. The van der Waals surface area contributed by atoms with Crippen molar-refractivity contribution in [2.75, 3.05) is 13.2 Å². The predicted molar refractivity (Wildman–Crippen MR) is 73.3 cm³/mol. The number of rotatable bonds is 7. The van der Waals surface area contributed by atoms with Gasteiger partial charge < -0.3 is 14.8 Å². The summed E-state index contributed by atoms with van der Waals surface area (Å²) >= 11 is 0. The van der Waals surface area contributed by atoms with Crippen LogP contribution in [0.4, 0.5) is 0 Å². The molecule has 0 spiro atoms. The number of nitrogens with one attached hydrogen (secondary N) is 1. The molecule has 1 aliphatic rings. The van der Waals surface area contributed by atoms with E-state index in [-0.39, 0.29) is 18.1 Å². The zero-order valence-electron chi connectivity index (χ0n) is 11.5. The number of carbonyl (C=O) groups excluding carboxylic acids is 1. The molecule has 1 heterocycles. The van der Waals surface area contributed by atoms with Crippen LogP contribution in [0, 0.1) is 0 Å². The minimum absolute atomic E-state index is 0.00844. The average molecular weight is 263 g/mol. The van der Waals surface area contributed by atoms with Crippen molar-refractivity contribution in [1.82, 2.24) is 5.32 Å². The fraction of sp³-hybridized carbons (Fsp3) is 0.533. The van der Waals surface area contributed by atoms with Crippen LogP contribution in [0.3, 0.4) is 0 Å². The third-order valence-electron chi connectivity index (χ3n) is 3.05. The molecule has 0 radical (unpaired) electrons. The fourth-order valence-corrected chi connectivity index (χ4v) is 1.90. The summed E-state index contributed by atoms with van der Waals surface area (Å²) in [6, 6.07) is 8.00. The first kappa shape index (κ1) is 13.9. The first-order valence-electron chi connectivity index (χ1n) is 6.85. The minimum atomic E-state index is -0.237. The van der Waals surface area contributed by atoms with Gasteiger partial charge in [0.05, 0.1) is 12.7 Å². The van der Waals surface area contributed by atoms with Gasteiger partial charge in [0.2, 0.25) is 0 Å². The van der Waals surface area contributed by atoms with E-state index in [0.717, 1.165) is 25.2 Å². The Hall–Kier alpha value is -1.55. The molecule has 0 aliphatic carbocycles. The van der Waals surface area contributed by atoms with Crippen LogP contribution in [0.2, 0.25) is 0 Å². The Bertz CT molecular complexity index is 433. The molecule has 0 bridgehead atoms. The van der Waals surface area contributed by atoms with Gasteiger partial charge in [-0.15, -0.1) is 0 Å². The molecule has 1 aliphatic heterocycles. The Kier molecular flexibility index (Phi) is 4.80. The van der Waals surface area contributed by atoms with Crippen LogP contribution in [0.1, 0.15) is 25.8 Å². The number of epoxide rings is 1. The number of amides is 1. The Labute approximate surface area is 114 Å². The Balaban J connectivity index is 1.74. The highest BCUT2D eigenvalue weighted by atomic mass is 16.6. The molecule has 0 unspecified atom stereocenters. The van der Waals surface area contributed by atoms with Crippen molar-refractivity contribution in [3.63, 3.8) is 0 Å². The SMILES string of the molecule is CCCOc1cccc(CCNC(=O)[C@@H]2O[C@H]2C)c1. The van der Waals surface area contributed by atoms with Crippen LogP contribution in [-0.4, -0.2) is 31.3 Å². The van der Waals surface area contributed by atoms with Gasteiger partial charge in [-0.1, -0.05) is 19.1 Å². The standard InChI is InChI=1S/C15H21NO3/c1-3-9-18-13-6-4-5-12(10-13)7-8-16-15(17)14-11(2)19-14/h4-6,10-11,14H,3,7-9H2,1-2H3,(H,16,17)/t11-,14+/m0/s1. The van der Waals surface area contributed by atoms with Crippen molar-refractivity contribution in [2.24, 2.45) is 0 Å². The Morgan fingerprint density at radius 2 is 2.26 bits per heavy atom. The summed E-state index contributed by atoms with van der Waals surface area (Å²) in [5, 5.41) is 2.88. The molecule has 0 saturated carbocycles. The van der Waals surface area contributed by atoms with E-state index < -0.39 is 0 Å². The normalized spacial score (nSPS) is 20.9. The quantitative estimate of drug-likeness (QED) is 0.765. The molecule has 1 amide bonds. The molecular weight excluding hydrogens is 242 g/mol. The maximum Gasteiger partial charge on any atom is 0.251 e. The molecule has 2 rings (SSSR count). The number of ether oxygens (including phenoxy) is 2. The lowest BCUT2D eigenvalue weighted by atomic mass is 10.1. The van der Waals surface area contributed by atoms with Crippen LogP contribution in [0.15, 0.2) is 24.3 Å². The zero-order valence-corrected chi connectivity index (χ0v) is 11.5. The predicted octanol–water partition coefficient (Wildman–Crippen LogP) is 1.92. The Morgan fingerprint density at radius 1 is 1.47 bits per heavy atom. The van der Waals surface area contributed by atoms with E-state index in [0.29, 0.717) is 6.54 Å². The lowest BCUT2D eigenvalue weighted by Crippen LogP contribution is -2.30. The van der Waals surface area contributed by atoms with Gasteiger partial charge in [-0.05, 0) is 37.5 Å². The third-order valence-corrected chi connectivity index (χ3v) is 3.05. The highest BCUT2D eigenvalue weighted by Gasteiger charge is 2.40. The number of hydrogen-bond donors (Lipinski definition) is 1. The van der Waals surface area contributed by atoms with E-state index in [9.17, 15) is 4.79 Å². The third kappa shape index (κ3) is 4.24. The summed E-state index contributed by atoms with van der Waals surface area (Å²) in [6.07, 6.45) is 1.64. The highest BCUT2D eigenvalue weighted by Crippen LogP contribution is 2.20. The van der Waals surface area contributed by atoms with E-state index in [1.54, 1.807) is 0 Å². The zero-order chi connectivity index (χ0) is 13.7. The lowest BCUT2D eigenvalue weighted by molar-refractivity contribution is -0.122. The molecule has 2 atom stereocenters.